The van der Waals surface area contributed by atoms with Crippen LogP contribution in [0.1, 0.15) is 35.5 Å². The van der Waals surface area contributed by atoms with E-state index in [0.717, 1.165) is 48.4 Å². The molecule has 1 aliphatic rings. The number of carbonyl (C=O) groups is 1. The molecule has 1 amide bonds. The van der Waals surface area contributed by atoms with Gasteiger partial charge in [0.25, 0.3) is 5.91 Å². The van der Waals surface area contributed by atoms with Gasteiger partial charge >= 0.3 is 0 Å². The number of hydrogen-bond acceptors (Lipinski definition) is 3. The third kappa shape index (κ3) is 2.50. The number of H-pyrrole nitrogens is 1. The lowest BCUT2D eigenvalue weighted by Gasteiger charge is -2.25. The zero-order chi connectivity index (χ0) is 15.8. The average molecular weight is 309 g/mol. The van der Waals surface area contributed by atoms with Gasteiger partial charge in [0.05, 0.1) is 0 Å². The van der Waals surface area contributed by atoms with Crippen LogP contribution in [0, 0.1) is 0 Å². The number of amides is 1. The van der Waals surface area contributed by atoms with Crippen LogP contribution in [0.4, 0.5) is 0 Å². The number of nitrogens with zero attached hydrogens (tertiary/aromatic N) is 3. The SMILES string of the molecule is CCc1nnc2n1CC(NC(=O)c1cc3ccccc3[nH]1)CC2. The lowest BCUT2D eigenvalue weighted by molar-refractivity contribution is 0.0923. The first kappa shape index (κ1) is 14.0. The van der Waals surface area contributed by atoms with Crippen LogP contribution in [0.2, 0.25) is 0 Å². The van der Waals surface area contributed by atoms with E-state index in [2.05, 4.69) is 32.0 Å². The maximum Gasteiger partial charge on any atom is 0.268 e. The second-order valence-corrected chi connectivity index (χ2v) is 5.98. The van der Waals surface area contributed by atoms with Crippen LogP contribution in [-0.4, -0.2) is 31.7 Å². The zero-order valence-corrected chi connectivity index (χ0v) is 13.0. The Hall–Kier alpha value is -2.63. The fourth-order valence-electron chi connectivity index (χ4n) is 3.22. The van der Waals surface area contributed by atoms with Crippen molar-refractivity contribution in [2.24, 2.45) is 0 Å². The van der Waals surface area contributed by atoms with E-state index in [4.69, 9.17) is 0 Å². The fourth-order valence-corrected chi connectivity index (χ4v) is 3.22. The maximum absolute atomic E-state index is 12.5. The van der Waals surface area contributed by atoms with Gasteiger partial charge in [0.1, 0.15) is 17.3 Å². The molecule has 0 spiro atoms. The number of nitrogens with one attached hydrogen (secondary N) is 2. The van der Waals surface area contributed by atoms with E-state index in [-0.39, 0.29) is 11.9 Å². The Morgan fingerprint density at radius 3 is 3.09 bits per heavy atom. The van der Waals surface area contributed by atoms with Gasteiger partial charge < -0.3 is 14.9 Å². The van der Waals surface area contributed by atoms with Crippen molar-refractivity contribution in [2.45, 2.75) is 38.8 Å². The Kier molecular flexibility index (Phi) is 3.37. The van der Waals surface area contributed by atoms with Crippen molar-refractivity contribution in [1.29, 1.82) is 0 Å². The summed E-state index contributed by atoms with van der Waals surface area (Å²) in [4.78, 5) is 15.7. The van der Waals surface area contributed by atoms with Gasteiger partial charge in [0, 0.05) is 36.3 Å². The molecule has 2 N–H and O–H groups in total. The van der Waals surface area contributed by atoms with Crippen molar-refractivity contribution in [1.82, 2.24) is 25.1 Å². The minimum Gasteiger partial charge on any atom is -0.351 e. The first-order valence-electron chi connectivity index (χ1n) is 8.04. The standard InChI is InChI=1S/C17H19N5O/c1-2-15-20-21-16-8-7-12(10-22(15)16)18-17(23)14-9-11-5-3-4-6-13(11)19-14/h3-6,9,12,19H,2,7-8,10H2,1H3,(H,18,23). The summed E-state index contributed by atoms with van der Waals surface area (Å²) < 4.78 is 2.14. The largest absolute Gasteiger partial charge is 0.351 e. The Balaban J connectivity index is 1.51. The van der Waals surface area contributed by atoms with Crippen molar-refractivity contribution in [2.75, 3.05) is 0 Å². The Labute approximate surface area is 133 Å². The molecule has 2 aromatic heterocycles. The molecule has 0 radical (unpaired) electrons. The number of fused-ring (bicyclic) bond motifs is 2. The molecule has 6 heteroatoms. The van der Waals surface area contributed by atoms with E-state index < -0.39 is 0 Å². The van der Waals surface area contributed by atoms with Gasteiger partial charge in [0.2, 0.25) is 0 Å². The van der Waals surface area contributed by atoms with Crippen LogP contribution in [0.5, 0.6) is 0 Å². The third-order valence-corrected chi connectivity index (χ3v) is 4.45. The Morgan fingerprint density at radius 1 is 1.39 bits per heavy atom. The van der Waals surface area contributed by atoms with E-state index in [0.29, 0.717) is 5.69 Å². The zero-order valence-electron chi connectivity index (χ0n) is 13.0. The second kappa shape index (κ2) is 5.53. The first-order chi connectivity index (χ1) is 11.2. The number of hydrogen-bond donors (Lipinski definition) is 2. The molecule has 23 heavy (non-hydrogen) atoms. The van der Waals surface area contributed by atoms with Gasteiger partial charge in [-0.05, 0) is 18.6 Å². The average Bonchev–Trinajstić information content (AvgIpc) is 3.18. The molecule has 1 aliphatic heterocycles. The third-order valence-electron chi connectivity index (χ3n) is 4.45. The van der Waals surface area contributed by atoms with Crippen LogP contribution in [-0.2, 0) is 19.4 Å². The smallest absolute Gasteiger partial charge is 0.268 e. The summed E-state index contributed by atoms with van der Waals surface area (Å²) in [6.45, 7) is 2.82. The van der Waals surface area contributed by atoms with Crippen molar-refractivity contribution >= 4 is 16.8 Å². The number of benzene rings is 1. The molecule has 0 aliphatic carbocycles. The fraction of sp³-hybridized carbons (Fsp3) is 0.353. The number of aryl methyl sites for hydroxylation is 2. The van der Waals surface area contributed by atoms with Gasteiger partial charge in [-0.1, -0.05) is 25.1 Å². The van der Waals surface area contributed by atoms with E-state index in [9.17, 15) is 4.79 Å². The highest BCUT2D eigenvalue weighted by atomic mass is 16.1. The van der Waals surface area contributed by atoms with E-state index in [1.54, 1.807) is 0 Å². The second-order valence-electron chi connectivity index (χ2n) is 5.98. The molecule has 3 heterocycles. The summed E-state index contributed by atoms with van der Waals surface area (Å²) in [7, 11) is 0. The monoisotopic (exact) mass is 309 g/mol. The van der Waals surface area contributed by atoms with Crippen molar-refractivity contribution in [3.8, 4) is 0 Å². The van der Waals surface area contributed by atoms with Gasteiger partial charge in [-0.3, -0.25) is 4.79 Å². The van der Waals surface area contributed by atoms with E-state index >= 15 is 0 Å². The molecule has 1 atom stereocenters. The van der Waals surface area contributed by atoms with E-state index in [1.807, 2.05) is 30.3 Å². The molecule has 0 fully saturated rings. The lowest BCUT2D eigenvalue weighted by atomic mass is 10.1. The first-order valence-corrected chi connectivity index (χ1v) is 8.04. The summed E-state index contributed by atoms with van der Waals surface area (Å²) in [6, 6.07) is 9.92. The summed E-state index contributed by atoms with van der Waals surface area (Å²) in [5, 5.41) is 12.6. The van der Waals surface area contributed by atoms with E-state index in [1.165, 1.54) is 0 Å². The minimum absolute atomic E-state index is 0.0548. The molecule has 4 rings (SSSR count). The predicted molar refractivity (Wildman–Crippen MR) is 87.3 cm³/mol. The molecule has 0 saturated carbocycles. The maximum atomic E-state index is 12.5. The minimum atomic E-state index is -0.0548. The number of aromatic amines is 1. The highest BCUT2D eigenvalue weighted by molar-refractivity contribution is 5.98. The van der Waals surface area contributed by atoms with Gasteiger partial charge in [-0.2, -0.15) is 0 Å². The van der Waals surface area contributed by atoms with Gasteiger partial charge in [-0.25, -0.2) is 0 Å². The highest BCUT2D eigenvalue weighted by Crippen LogP contribution is 2.17. The summed E-state index contributed by atoms with van der Waals surface area (Å²) >= 11 is 0. The van der Waals surface area contributed by atoms with Gasteiger partial charge in [-0.15, -0.1) is 10.2 Å². The predicted octanol–water partition coefficient (Wildman–Crippen LogP) is 2.07. The van der Waals surface area contributed by atoms with Crippen molar-refractivity contribution < 1.29 is 4.79 Å². The number of carbonyl (C=O) groups excluding carboxylic acids is 1. The Morgan fingerprint density at radius 2 is 2.26 bits per heavy atom. The summed E-state index contributed by atoms with van der Waals surface area (Å²) in [5.74, 6) is 1.96. The quantitative estimate of drug-likeness (QED) is 0.777. The Bertz CT molecular complexity index is 816. The number of para-hydroxylation sites is 1. The molecule has 1 aromatic carbocycles. The van der Waals surface area contributed by atoms with Gasteiger partial charge in [0.15, 0.2) is 0 Å². The molecular formula is C17H19N5O. The number of rotatable bonds is 3. The van der Waals surface area contributed by atoms with Crippen molar-refractivity contribution in [3.05, 3.63) is 47.7 Å². The molecular weight excluding hydrogens is 290 g/mol. The molecule has 118 valence electrons. The summed E-state index contributed by atoms with van der Waals surface area (Å²) in [6.07, 6.45) is 2.61. The number of aromatic nitrogens is 4. The molecule has 1 unspecified atom stereocenters. The highest BCUT2D eigenvalue weighted by Gasteiger charge is 2.24. The van der Waals surface area contributed by atoms with Crippen LogP contribution >= 0.6 is 0 Å². The van der Waals surface area contributed by atoms with Crippen LogP contribution in [0.25, 0.3) is 10.9 Å². The molecule has 3 aromatic rings. The summed E-state index contributed by atoms with van der Waals surface area (Å²) in [5.41, 5.74) is 1.59. The normalized spacial score (nSPS) is 17.2. The van der Waals surface area contributed by atoms with Crippen molar-refractivity contribution in [3.63, 3.8) is 0 Å². The molecule has 6 nitrogen and oxygen atoms in total. The van der Waals surface area contributed by atoms with Crippen LogP contribution in [0.15, 0.2) is 30.3 Å². The topological polar surface area (TPSA) is 75.6 Å². The lowest BCUT2D eigenvalue weighted by Crippen LogP contribution is -2.41. The van der Waals surface area contributed by atoms with Crippen LogP contribution < -0.4 is 5.32 Å². The molecule has 0 saturated heterocycles. The molecule has 0 bridgehead atoms. The van der Waals surface area contributed by atoms with Crippen LogP contribution in [0.3, 0.4) is 0 Å².